The first-order valence-corrected chi connectivity index (χ1v) is 6.39. The number of aliphatic hydroxyl groups excluding tert-OH is 1. The van der Waals surface area contributed by atoms with Crippen molar-refractivity contribution in [2.24, 2.45) is 0 Å². The molecule has 0 unspecified atom stereocenters. The molecule has 0 fully saturated rings. The Labute approximate surface area is 113 Å². The number of fused-ring (bicyclic) bond motifs is 1. The van der Waals surface area contributed by atoms with E-state index in [1.807, 2.05) is 25.2 Å². The minimum atomic E-state index is -0.452. The van der Waals surface area contributed by atoms with Gasteiger partial charge in [0.25, 0.3) is 0 Å². The fourth-order valence-electron chi connectivity index (χ4n) is 2.18. The zero-order chi connectivity index (χ0) is 13.7. The van der Waals surface area contributed by atoms with Crippen LogP contribution in [-0.4, -0.2) is 50.7 Å². The first-order valence-electron chi connectivity index (χ1n) is 6.39. The zero-order valence-corrected chi connectivity index (χ0v) is 11.5. The Hall–Kier alpha value is -1.14. The molecule has 1 atom stereocenters. The summed E-state index contributed by atoms with van der Waals surface area (Å²) < 4.78 is 15.6. The minimum Gasteiger partial charge on any atom is -0.468 e. The van der Waals surface area contributed by atoms with Gasteiger partial charge in [0, 0.05) is 20.2 Å². The topological polar surface area (TPSA) is 51.2 Å². The van der Waals surface area contributed by atoms with Crippen LogP contribution in [0.2, 0.25) is 0 Å². The summed E-state index contributed by atoms with van der Waals surface area (Å²) in [7, 11) is 3.63. The van der Waals surface area contributed by atoms with Crippen molar-refractivity contribution in [3.8, 4) is 5.75 Å². The second-order valence-electron chi connectivity index (χ2n) is 4.74. The normalized spacial score (nSPS) is 19.2. The highest BCUT2D eigenvalue weighted by molar-refractivity contribution is 5.38. The van der Waals surface area contributed by atoms with Crippen molar-refractivity contribution in [1.82, 2.24) is 4.90 Å². The molecule has 0 spiro atoms. The maximum atomic E-state index is 10.1. The van der Waals surface area contributed by atoms with E-state index in [0.717, 1.165) is 23.4 Å². The van der Waals surface area contributed by atoms with E-state index in [4.69, 9.17) is 14.2 Å². The highest BCUT2D eigenvalue weighted by Crippen LogP contribution is 2.29. The average Bonchev–Trinajstić information content (AvgIpc) is 2.39. The summed E-state index contributed by atoms with van der Waals surface area (Å²) >= 11 is 0. The van der Waals surface area contributed by atoms with Crippen LogP contribution >= 0.6 is 0 Å². The zero-order valence-electron chi connectivity index (χ0n) is 11.5. The molecule has 0 saturated heterocycles. The molecular weight excluding hydrogens is 246 g/mol. The van der Waals surface area contributed by atoms with Gasteiger partial charge in [0.2, 0.25) is 0 Å². The number of benzene rings is 1. The molecule has 0 aliphatic carbocycles. The highest BCUT2D eigenvalue weighted by atomic mass is 16.7. The Bertz CT molecular complexity index is 410. The molecule has 1 aromatic carbocycles. The lowest BCUT2D eigenvalue weighted by molar-refractivity contribution is -0.00867. The van der Waals surface area contributed by atoms with Crippen molar-refractivity contribution in [2.45, 2.75) is 12.6 Å². The second kappa shape index (κ2) is 6.86. The van der Waals surface area contributed by atoms with Crippen LogP contribution in [-0.2, 0) is 16.0 Å². The number of rotatable bonds is 6. The quantitative estimate of drug-likeness (QED) is 0.619. The van der Waals surface area contributed by atoms with Crippen LogP contribution < -0.4 is 4.74 Å². The number of β-amino-alcohol motifs (C(OH)–C–C–N with tert-alkyl or cyclic N) is 1. The molecule has 5 nitrogen and oxygen atoms in total. The summed E-state index contributed by atoms with van der Waals surface area (Å²) in [6.07, 6.45) is -0.452. The molecular formula is C14H21NO4. The number of methoxy groups -OCH3 is 1. The molecule has 2 rings (SSSR count). The third-order valence-electron chi connectivity index (χ3n) is 3.14. The van der Waals surface area contributed by atoms with Gasteiger partial charge in [-0.3, -0.25) is 4.90 Å². The van der Waals surface area contributed by atoms with Gasteiger partial charge in [-0.25, -0.2) is 0 Å². The van der Waals surface area contributed by atoms with Gasteiger partial charge in [0.05, 0.1) is 19.3 Å². The maximum absolute atomic E-state index is 10.1. The van der Waals surface area contributed by atoms with Crippen LogP contribution in [0.25, 0.3) is 0 Å². The van der Waals surface area contributed by atoms with Crippen LogP contribution in [0.1, 0.15) is 17.2 Å². The van der Waals surface area contributed by atoms with Crippen LogP contribution in [0.4, 0.5) is 0 Å². The molecule has 1 heterocycles. The van der Waals surface area contributed by atoms with Gasteiger partial charge >= 0.3 is 0 Å². The minimum absolute atomic E-state index is 0.193. The summed E-state index contributed by atoms with van der Waals surface area (Å²) in [4.78, 5) is 2.10. The molecule has 1 aliphatic heterocycles. The number of hydrogen-bond acceptors (Lipinski definition) is 5. The summed E-state index contributed by atoms with van der Waals surface area (Å²) in [6, 6.07) is 5.80. The van der Waals surface area contributed by atoms with Crippen molar-refractivity contribution in [1.29, 1.82) is 0 Å². The lowest BCUT2D eigenvalue weighted by Crippen LogP contribution is -2.30. The van der Waals surface area contributed by atoms with Gasteiger partial charge in [-0.1, -0.05) is 6.07 Å². The fraction of sp³-hybridized carbons (Fsp3) is 0.571. The van der Waals surface area contributed by atoms with Crippen LogP contribution in [0, 0.1) is 0 Å². The smallest absolute Gasteiger partial charge is 0.189 e. The van der Waals surface area contributed by atoms with E-state index in [1.165, 1.54) is 0 Å². The van der Waals surface area contributed by atoms with E-state index in [-0.39, 0.29) is 6.79 Å². The Morgan fingerprint density at radius 2 is 2.21 bits per heavy atom. The number of likely N-dealkylation sites (N-methyl/N-ethyl adjacent to an activating group) is 1. The predicted molar refractivity (Wildman–Crippen MR) is 71.1 cm³/mol. The van der Waals surface area contributed by atoms with Crippen molar-refractivity contribution in [3.05, 3.63) is 29.3 Å². The van der Waals surface area contributed by atoms with Crippen molar-refractivity contribution in [3.63, 3.8) is 0 Å². The maximum Gasteiger partial charge on any atom is 0.189 e. The van der Waals surface area contributed by atoms with Gasteiger partial charge in [0.1, 0.15) is 5.75 Å². The Morgan fingerprint density at radius 3 is 3.00 bits per heavy atom. The summed E-state index contributed by atoms with van der Waals surface area (Å²) in [5.74, 6) is 0.722. The lowest BCUT2D eigenvalue weighted by atomic mass is 9.97. The SMILES string of the molecule is COCCOCOc1ccc2c(c1)[C@@H](O)CN(C)C2. The Kier molecular flexibility index (Phi) is 5.15. The van der Waals surface area contributed by atoms with E-state index in [0.29, 0.717) is 19.8 Å². The molecule has 5 heteroatoms. The monoisotopic (exact) mass is 267 g/mol. The van der Waals surface area contributed by atoms with Crippen molar-refractivity contribution in [2.75, 3.05) is 40.7 Å². The number of hydrogen-bond donors (Lipinski definition) is 1. The van der Waals surface area contributed by atoms with E-state index in [1.54, 1.807) is 7.11 Å². The van der Waals surface area contributed by atoms with E-state index >= 15 is 0 Å². The molecule has 19 heavy (non-hydrogen) atoms. The second-order valence-corrected chi connectivity index (χ2v) is 4.74. The predicted octanol–water partition coefficient (Wildman–Crippen LogP) is 1.16. The molecule has 1 N–H and O–H groups in total. The van der Waals surface area contributed by atoms with Crippen molar-refractivity contribution >= 4 is 0 Å². The molecule has 1 aliphatic rings. The number of nitrogens with zero attached hydrogens (tertiary/aromatic N) is 1. The van der Waals surface area contributed by atoms with Crippen LogP contribution in [0.15, 0.2) is 18.2 Å². The van der Waals surface area contributed by atoms with Crippen molar-refractivity contribution < 1.29 is 19.3 Å². The molecule has 0 radical (unpaired) electrons. The third-order valence-corrected chi connectivity index (χ3v) is 3.14. The Balaban J connectivity index is 1.91. The number of aliphatic hydroxyl groups is 1. The van der Waals surface area contributed by atoms with E-state index in [2.05, 4.69) is 4.90 Å². The van der Waals surface area contributed by atoms with Gasteiger partial charge in [-0.15, -0.1) is 0 Å². The first-order chi connectivity index (χ1) is 9.20. The van der Waals surface area contributed by atoms with Gasteiger partial charge in [-0.2, -0.15) is 0 Å². The molecule has 0 aromatic heterocycles. The van der Waals surface area contributed by atoms with Gasteiger partial charge in [0.15, 0.2) is 6.79 Å². The Morgan fingerprint density at radius 1 is 1.37 bits per heavy atom. The molecule has 106 valence electrons. The highest BCUT2D eigenvalue weighted by Gasteiger charge is 2.21. The van der Waals surface area contributed by atoms with Gasteiger partial charge < -0.3 is 19.3 Å². The third kappa shape index (κ3) is 3.91. The summed E-state index contributed by atoms with van der Waals surface area (Å²) in [5, 5.41) is 10.1. The van der Waals surface area contributed by atoms with E-state index in [9.17, 15) is 5.11 Å². The molecule has 0 saturated carbocycles. The fourth-order valence-corrected chi connectivity index (χ4v) is 2.18. The molecule has 0 bridgehead atoms. The molecule has 0 amide bonds. The lowest BCUT2D eigenvalue weighted by Gasteiger charge is -2.29. The summed E-state index contributed by atoms with van der Waals surface area (Å²) in [5.41, 5.74) is 2.10. The average molecular weight is 267 g/mol. The van der Waals surface area contributed by atoms with E-state index < -0.39 is 6.10 Å². The standard InChI is InChI=1S/C14H21NO4/c1-15-8-11-3-4-12(7-13(11)14(16)9-15)19-10-18-6-5-17-2/h3-4,7,14,16H,5-6,8-10H2,1-2H3/t14-/m0/s1. The molecule has 1 aromatic rings. The number of ether oxygens (including phenoxy) is 3. The largest absolute Gasteiger partial charge is 0.468 e. The van der Waals surface area contributed by atoms with Gasteiger partial charge in [-0.05, 0) is 30.3 Å². The first kappa shape index (κ1) is 14.3. The van der Waals surface area contributed by atoms with Crippen LogP contribution in [0.3, 0.4) is 0 Å². The van der Waals surface area contributed by atoms with Crippen LogP contribution in [0.5, 0.6) is 5.75 Å². The summed E-state index contributed by atoms with van der Waals surface area (Å²) in [6.45, 7) is 2.77.